The second-order valence-corrected chi connectivity index (χ2v) is 4.93. The second kappa shape index (κ2) is 5.51. The molecule has 1 atom stereocenters. The summed E-state index contributed by atoms with van der Waals surface area (Å²) < 4.78 is 29.2. The Balaban J connectivity index is 1.72. The maximum atomic E-state index is 13.9. The fourth-order valence-electron chi connectivity index (χ4n) is 2.42. The van der Waals surface area contributed by atoms with Crippen LogP contribution in [-0.2, 0) is 20.7 Å². The Morgan fingerprint density at radius 3 is 3.15 bits per heavy atom. The van der Waals surface area contributed by atoms with Crippen LogP contribution in [0.3, 0.4) is 0 Å². The molecule has 1 fully saturated rings. The van der Waals surface area contributed by atoms with E-state index in [-0.39, 0.29) is 24.9 Å². The van der Waals surface area contributed by atoms with Gasteiger partial charge in [-0.05, 0) is 36.0 Å². The van der Waals surface area contributed by atoms with E-state index < -0.39 is 18.9 Å². The Kier molecular flexibility index (Phi) is 3.73. The second-order valence-electron chi connectivity index (χ2n) is 4.93. The van der Waals surface area contributed by atoms with Gasteiger partial charge in [0.1, 0.15) is 12.4 Å². The lowest BCUT2D eigenvalue weighted by Gasteiger charge is -2.11. The van der Waals surface area contributed by atoms with Crippen molar-refractivity contribution in [1.29, 1.82) is 0 Å². The van der Waals surface area contributed by atoms with E-state index in [4.69, 9.17) is 14.1 Å². The van der Waals surface area contributed by atoms with Crippen LogP contribution in [-0.4, -0.2) is 37.4 Å². The van der Waals surface area contributed by atoms with Crippen molar-refractivity contribution in [2.75, 3.05) is 13.2 Å². The van der Waals surface area contributed by atoms with Crippen LogP contribution in [0.5, 0.6) is 0 Å². The van der Waals surface area contributed by atoms with Gasteiger partial charge in [0, 0.05) is 6.61 Å². The minimum absolute atomic E-state index is 0.106. The van der Waals surface area contributed by atoms with Crippen molar-refractivity contribution in [2.24, 2.45) is 0 Å². The zero-order valence-corrected chi connectivity index (χ0v) is 10.8. The van der Waals surface area contributed by atoms with Crippen LogP contribution < -0.4 is 5.46 Å². The minimum atomic E-state index is -1.12. The van der Waals surface area contributed by atoms with Crippen LogP contribution in [0.4, 0.5) is 4.39 Å². The van der Waals surface area contributed by atoms with Crippen molar-refractivity contribution in [3.63, 3.8) is 0 Å². The lowest BCUT2D eigenvalue weighted by Crippen LogP contribution is -2.29. The summed E-state index contributed by atoms with van der Waals surface area (Å²) in [4.78, 5) is 11.9. The van der Waals surface area contributed by atoms with Crippen LogP contribution in [0.25, 0.3) is 0 Å². The van der Waals surface area contributed by atoms with Crippen molar-refractivity contribution >= 4 is 18.6 Å². The third-order valence-electron chi connectivity index (χ3n) is 3.54. The van der Waals surface area contributed by atoms with E-state index in [0.29, 0.717) is 17.6 Å². The Morgan fingerprint density at radius 1 is 1.55 bits per heavy atom. The largest absolute Gasteiger partial charge is 0.491 e. The van der Waals surface area contributed by atoms with Crippen molar-refractivity contribution in [3.05, 3.63) is 29.1 Å². The summed E-state index contributed by atoms with van der Waals surface area (Å²) in [5, 5.41) is 9.56. The summed E-state index contributed by atoms with van der Waals surface area (Å²) in [6.07, 6.45) is 1.68. The predicted octanol–water partition coefficient (Wildman–Crippen LogP) is 0.379. The van der Waals surface area contributed by atoms with Crippen molar-refractivity contribution < 1.29 is 28.3 Å². The third kappa shape index (κ3) is 2.56. The van der Waals surface area contributed by atoms with Crippen molar-refractivity contribution in [2.45, 2.75) is 25.6 Å². The molecule has 2 heterocycles. The molecular weight excluding hydrogens is 266 g/mol. The molecule has 1 saturated heterocycles. The Morgan fingerprint density at radius 2 is 2.40 bits per heavy atom. The molecule has 1 aromatic carbocycles. The molecule has 0 bridgehead atoms. The molecule has 106 valence electrons. The molecule has 2 aliphatic heterocycles. The number of rotatable bonds is 3. The number of hydrogen-bond donors (Lipinski definition) is 1. The van der Waals surface area contributed by atoms with Gasteiger partial charge in [0.05, 0.1) is 18.3 Å². The van der Waals surface area contributed by atoms with E-state index in [1.165, 1.54) is 12.1 Å². The molecule has 1 N–H and O–H groups in total. The summed E-state index contributed by atoms with van der Waals surface area (Å²) >= 11 is 0. The van der Waals surface area contributed by atoms with Gasteiger partial charge < -0.3 is 19.2 Å². The summed E-state index contributed by atoms with van der Waals surface area (Å²) in [5.74, 6) is -1.42. The number of carbonyl (C=O) groups is 1. The molecule has 2 aliphatic rings. The van der Waals surface area contributed by atoms with E-state index in [2.05, 4.69) is 0 Å². The van der Waals surface area contributed by atoms with E-state index in [0.717, 1.165) is 12.8 Å². The highest BCUT2D eigenvalue weighted by Crippen LogP contribution is 2.17. The molecule has 0 aliphatic carbocycles. The minimum Gasteiger partial charge on any atom is -0.459 e. The number of hydrogen-bond acceptors (Lipinski definition) is 5. The highest BCUT2D eigenvalue weighted by molar-refractivity contribution is 6.61. The van der Waals surface area contributed by atoms with Gasteiger partial charge >= 0.3 is 13.1 Å². The van der Waals surface area contributed by atoms with Gasteiger partial charge in [0.2, 0.25) is 0 Å². The molecule has 1 aromatic rings. The molecule has 0 spiro atoms. The molecule has 3 rings (SSSR count). The van der Waals surface area contributed by atoms with Crippen LogP contribution >= 0.6 is 0 Å². The van der Waals surface area contributed by atoms with Crippen LogP contribution in [0.15, 0.2) is 12.1 Å². The summed E-state index contributed by atoms with van der Waals surface area (Å²) in [7, 11) is -1.12. The lowest BCUT2D eigenvalue weighted by atomic mass is 9.78. The monoisotopic (exact) mass is 280 g/mol. The van der Waals surface area contributed by atoms with Gasteiger partial charge in [0.25, 0.3) is 0 Å². The molecule has 5 nitrogen and oxygen atoms in total. The Labute approximate surface area is 115 Å². The zero-order chi connectivity index (χ0) is 14.1. The van der Waals surface area contributed by atoms with Gasteiger partial charge in [-0.3, -0.25) is 0 Å². The molecule has 20 heavy (non-hydrogen) atoms. The number of fused-ring (bicyclic) bond motifs is 1. The zero-order valence-electron chi connectivity index (χ0n) is 10.8. The topological polar surface area (TPSA) is 65.0 Å². The maximum absolute atomic E-state index is 13.9. The Bertz CT molecular complexity index is 530. The third-order valence-corrected chi connectivity index (χ3v) is 3.54. The molecule has 7 heteroatoms. The smallest absolute Gasteiger partial charge is 0.459 e. The van der Waals surface area contributed by atoms with Crippen LogP contribution in [0.1, 0.15) is 28.8 Å². The first kappa shape index (κ1) is 13.5. The summed E-state index contributed by atoms with van der Waals surface area (Å²) in [6.45, 7) is 0.923. The van der Waals surface area contributed by atoms with Gasteiger partial charge in [-0.1, -0.05) is 0 Å². The molecule has 0 radical (unpaired) electrons. The summed E-state index contributed by atoms with van der Waals surface area (Å²) in [5.41, 5.74) is 0.771. The maximum Gasteiger partial charge on any atom is 0.491 e. The van der Waals surface area contributed by atoms with Gasteiger partial charge in [-0.25, -0.2) is 9.18 Å². The lowest BCUT2D eigenvalue weighted by molar-refractivity contribution is 0.0157. The molecule has 1 unspecified atom stereocenters. The molecule has 0 aromatic heterocycles. The Hall–Kier alpha value is -1.44. The fraction of sp³-hybridized carbons (Fsp3) is 0.462. The molecule has 0 saturated carbocycles. The van der Waals surface area contributed by atoms with Crippen LogP contribution in [0, 0.1) is 5.82 Å². The first-order valence-corrected chi connectivity index (χ1v) is 6.56. The average molecular weight is 280 g/mol. The summed E-state index contributed by atoms with van der Waals surface area (Å²) in [6, 6.07) is 2.49. The normalized spacial score (nSPS) is 21.1. The van der Waals surface area contributed by atoms with Gasteiger partial charge in [0.15, 0.2) is 0 Å². The van der Waals surface area contributed by atoms with Gasteiger partial charge in [-0.2, -0.15) is 0 Å². The quantitative estimate of drug-likeness (QED) is 0.640. The standard InChI is InChI=1S/C13H14BFO5/c15-12-4-8-6-20-14(17)11(8)5-10(12)13(16)19-7-9-2-1-3-18-9/h4-5,9,17H,1-3,6-7H2. The SMILES string of the molecule is O=C(OCC1CCCO1)c1cc2c(cc1F)COB2O. The number of carbonyl (C=O) groups excluding carboxylic acids is 1. The number of ether oxygens (including phenoxy) is 2. The fourth-order valence-corrected chi connectivity index (χ4v) is 2.42. The van der Waals surface area contributed by atoms with Crippen LogP contribution in [0.2, 0.25) is 0 Å². The first-order valence-electron chi connectivity index (χ1n) is 6.56. The van der Waals surface area contributed by atoms with E-state index in [1.807, 2.05) is 0 Å². The number of halogens is 1. The highest BCUT2D eigenvalue weighted by atomic mass is 19.1. The van der Waals surface area contributed by atoms with Crippen molar-refractivity contribution in [1.82, 2.24) is 0 Å². The average Bonchev–Trinajstić information content (AvgIpc) is 3.06. The van der Waals surface area contributed by atoms with E-state index in [9.17, 15) is 14.2 Å². The highest BCUT2D eigenvalue weighted by Gasteiger charge is 2.30. The van der Waals surface area contributed by atoms with E-state index >= 15 is 0 Å². The number of benzene rings is 1. The number of esters is 1. The van der Waals surface area contributed by atoms with Crippen molar-refractivity contribution in [3.8, 4) is 0 Å². The predicted molar refractivity (Wildman–Crippen MR) is 68.1 cm³/mol. The van der Waals surface area contributed by atoms with E-state index in [1.54, 1.807) is 0 Å². The van der Waals surface area contributed by atoms with Gasteiger partial charge in [-0.15, -0.1) is 0 Å². The first-order chi connectivity index (χ1) is 9.65. The molecule has 0 amide bonds. The molecular formula is C13H14BFO5.